The van der Waals surface area contributed by atoms with Crippen molar-refractivity contribution in [1.29, 1.82) is 0 Å². The van der Waals surface area contributed by atoms with Crippen molar-refractivity contribution in [2.45, 2.75) is 13.1 Å². The third-order valence-corrected chi connectivity index (χ3v) is 4.17. The molecule has 0 aliphatic rings. The quantitative estimate of drug-likeness (QED) is 0.542. The number of nitrogens with zero attached hydrogens (tertiary/aromatic N) is 1. The van der Waals surface area contributed by atoms with E-state index >= 15 is 0 Å². The van der Waals surface area contributed by atoms with E-state index < -0.39 is 0 Å². The lowest BCUT2D eigenvalue weighted by Crippen LogP contribution is -2.36. The first-order valence-electron chi connectivity index (χ1n) is 8.43. The van der Waals surface area contributed by atoms with E-state index in [2.05, 4.69) is 39.9 Å². The fourth-order valence-electron chi connectivity index (χ4n) is 2.70. The van der Waals surface area contributed by atoms with Crippen LogP contribution in [0.25, 0.3) is 10.8 Å². The molecule has 0 aliphatic heterocycles. The molecule has 5 heteroatoms. The highest BCUT2D eigenvalue weighted by molar-refractivity contribution is 5.85. The maximum Gasteiger partial charge on any atom is 0.191 e. The predicted molar refractivity (Wildman–Crippen MR) is 104 cm³/mol. The van der Waals surface area contributed by atoms with Gasteiger partial charge in [0.2, 0.25) is 0 Å². The highest BCUT2D eigenvalue weighted by Crippen LogP contribution is 2.21. The zero-order valence-corrected chi connectivity index (χ0v) is 14.9. The third kappa shape index (κ3) is 4.51. The lowest BCUT2D eigenvalue weighted by molar-refractivity contribution is 0.415. The normalized spacial score (nSPS) is 11.4. The molecule has 2 N–H and O–H groups in total. The van der Waals surface area contributed by atoms with Crippen LogP contribution < -0.4 is 15.4 Å². The largest absolute Gasteiger partial charge is 0.497 e. The van der Waals surface area contributed by atoms with Crippen LogP contribution in [0.4, 0.5) is 4.39 Å². The Labute approximate surface area is 152 Å². The predicted octanol–water partition coefficient (Wildman–Crippen LogP) is 3.85. The maximum atomic E-state index is 13.0. The van der Waals surface area contributed by atoms with Crippen LogP contribution in [0.3, 0.4) is 0 Å². The minimum atomic E-state index is -0.231. The lowest BCUT2D eigenvalue weighted by atomic mass is 10.1. The van der Waals surface area contributed by atoms with Gasteiger partial charge in [-0.05, 0) is 52.2 Å². The number of ether oxygens (including phenoxy) is 1. The summed E-state index contributed by atoms with van der Waals surface area (Å²) in [4.78, 5) is 4.22. The van der Waals surface area contributed by atoms with E-state index in [0.29, 0.717) is 19.0 Å². The van der Waals surface area contributed by atoms with Gasteiger partial charge in [0, 0.05) is 20.1 Å². The van der Waals surface area contributed by atoms with Gasteiger partial charge < -0.3 is 15.4 Å². The van der Waals surface area contributed by atoms with E-state index in [-0.39, 0.29) is 5.82 Å². The number of benzene rings is 3. The SMILES string of the molecule is CN=C(NCc1ccc(F)cc1)NCc1ccc2cc(OC)ccc2c1. The molecular weight excluding hydrogens is 329 g/mol. The summed E-state index contributed by atoms with van der Waals surface area (Å²) >= 11 is 0. The number of halogens is 1. The number of methoxy groups -OCH3 is 1. The molecule has 26 heavy (non-hydrogen) atoms. The number of hydrogen-bond acceptors (Lipinski definition) is 2. The molecule has 0 saturated carbocycles. The highest BCUT2D eigenvalue weighted by atomic mass is 19.1. The Bertz CT molecular complexity index is 907. The van der Waals surface area contributed by atoms with E-state index in [9.17, 15) is 4.39 Å². The number of guanidine groups is 1. The van der Waals surface area contributed by atoms with Crippen molar-refractivity contribution in [3.8, 4) is 5.75 Å². The van der Waals surface area contributed by atoms with Gasteiger partial charge in [-0.1, -0.05) is 30.3 Å². The summed E-state index contributed by atoms with van der Waals surface area (Å²) < 4.78 is 18.2. The third-order valence-electron chi connectivity index (χ3n) is 4.17. The summed E-state index contributed by atoms with van der Waals surface area (Å²) in [5.41, 5.74) is 2.15. The Balaban J connectivity index is 1.59. The molecule has 0 fully saturated rings. The van der Waals surface area contributed by atoms with Crippen molar-refractivity contribution in [2.75, 3.05) is 14.2 Å². The molecule has 0 radical (unpaired) electrons. The molecule has 0 spiro atoms. The average molecular weight is 351 g/mol. The fraction of sp³-hybridized carbons (Fsp3) is 0.190. The number of hydrogen-bond donors (Lipinski definition) is 2. The summed E-state index contributed by atoms with van der Waals surface area (Å²) in [6.07, 6.45) is 0. The van der Waals surface area contributed by atoms with Gasteiger partial charge in [0.1, 0.15) is 11.6 Å². The Morgan fingerprint density at radius 2 is 1.50 bits per heavy atom. The molecule has 3 aromatic rings. The van der Waals surface area contributed by atoms with Crippen molar-refractivity contribution in [1.82, 2.24) is 10.6 Å². The molecule has 3 aromatic carbocycles. The molecule has 4 nitrogen and oxygen atoms in total. The second kappa shape index (κ2) is 8.34. The van der Waals surface area contributed by atoms with Crippen LogP contribution >= 0.6 is 0 Å². The van der Waals surface area contributed by atoms with Crippen LogP contribution in [-0.4, -0.2) is 20.1 Å². The molecule has 0 heterocycles. The Morgan fingerprint density at radius 1 is 0.885 bits per heavy atom. The van der Waals surface area contributed by atoms with Crippen molar-refractivity contribution >= 4 is 16.7 Å². The topological polar surface area (TPSA) is 45.7 Å². The van der Waals surface area contributed by atoms with E-state index in [1.54, 1.807) is 26.3 Å². The standard InChI is InChI=1S/C21H22FN3O/c1-23-21(24-13-15-4-8-19(22)9-5-15)25-14-16-3-6-18-12-20(26-2)10-7-17(18)11-16/h3-12H,13-14H2,1-2H3,(H2,23,24,25). The van der Waals surface area contributed by atoms with E-state index in [1.165, 1.54) is 17.5 Å². The van der Waals surface area contributed by atoms with Crippen molar-refractivity contribution < 1.29 is 9.13 Å². The second-order valence-corrected chi connectivity index (χ2v) is 5.95. The molecule has 134 valence electrons. The van der Waals surface area contributed by atoms with Crippen LogP contribution in [0.15, 0.2) is 65.7 Å². The minimum absolute atomic E-state index is 0.231. The summed E-state index contributed by atoms with van der Waals surface area (Å²) in [6, 6.07) is 18.8. The van der Waals surface area contributed by atoms with Crippen molar-refractivity contribution in [3.63, 3.8) is 0 Å². The number of nitrogens with one attached hydrogen (secondary N) is 2. The van der Waals surface area contributed by atoms with Crippen molar-refractivity contribution in [2.24, 2.45) is 4.99 Å². The Kier molecular flexibility index (Phi) is 5.69. The molecule has 0 aliphatic carbocycles. The van der Waals surface area contributed by atoms with Gasteiger partial charge >= 0.3 is 0 Å². The van der Waals surface area contributed by atoms with Gasteiger partial charge in [0.05, 0.1) is 7.11 Å². The second-order valence-electron chi connectivity index (χ2n) is 5.95. The van der Waals surface area contributed by atoms with E-state index in [4.69, 9.17) is 4.74 Å². The number of fused-ring (bicyclic) bond motifs is 1. The fourth-order valence-corrected chi connectivity index (χ4v) is 2.70. The summed E-state index contributed by atoms with van der Waals surface area (Å²) in [5.74, 6) is 1.32. The van der Waals surface area contributed by atoms with Crippen LogP contribution in [0.5, 0.6) is 5.75 Å². The van der Waals surface area contributed by atoms with Crippen LogP contribution in [-0.2, 0) is 13.1 Å². The maximum absolute atomic E-state index is 13.0. The molecule has 3 rings (SSSR count). The lowest BCUT2D eigenvalue weighted by Gasteiger charge is -2.12. The van der Waals surface area contributed by atoms with Gasteiger partial charge in [0.15, 0.2) is 5.96 Å². The smallest absolute Gasteiger partial charge is 0.191 e. The zero-order valence-electron chi connectivity index (χ0n) is 14.9. The van der Waals surface area contributed by atoms with Gasteiger partial charge in [-0.3, -0.25) is 4.99 Å². The monoisotopic (exact) mass is 351 g/mol. The molecule has 0 bridgehead atoms. The van der Waals surface area contributed by atoms with Gasteiger partial charge in [-0.25, -0.2) is 4.39 Å². The highest BCUT2D eigenvalue weighted by Gasteiger charge is 2.02. The first-order chi connectivity index (χ1) is 12.7. The summed E-state index contributed by atoms with van der Waals surface area (Å²) in [7, 11) is 3.40. The van der Waals surface area contributed by atoms with Crippen LogP contribution in [0, 0.1) is 5.82 Å². The van der Waals surface area contributed by atoms with E-state index in [1.807, 2.05) is 12.1 Å². The number of aliphatic imine (C=N–C) groups is 1. The van der Waals surface area contributed by atoms with E-state index in [0.717, 1.165) is 22.3 Å². The molecule has 0 amide bonds. The van der Waals surface area contributed by atoms with Crippen LogP contribution in [0.1, 0.15) is 11.1 Å². The zero-order chi connectivity index (χ0) is 18.4. The molecule has 0 aromatic heterocycles. The summed E-state index contributed by atoms with van der Waals surface area (Å²) in [5, 5.41) is 8.83. The Morgan fingerprint density at radius 3 is 2.19 bits per heavy atom. The average Bonchev–Trinajstić information content (AvgIpc) is 2.69. The summed E-state index contributed by atoms with van der Waals surface area (Å²) in [6.45, 7) is 1.24. The first-order valence-corrected chi connectivity index (χ1v) is 8.43. The van der Waals surface area contributed by atoms with Crippen molar-refractivity contribution in [3.05, 3.63) is 77.6 Å². The van der Waals surface area contributed by atoms with Gasteiger partial charge in [-0.2, -0.15) is 0 Å². The molecular formula is C21H22FN3O. The molecule has 0 atom stereocenters. The first kappa shape index (κ1) is 17.7. The van der Waals surface area contributed by atoms with Crippen LogP contribution in [0.2, 0.25) is 0 Å². The minimum Gasteiger partial charge on any atom is -0.497 e. The van der Waals surface area contributed by atoms with Gasteiger partial charge in [0.25, 0.3) is 0 Å². The number of rotatable bonds is 5. The Hall–Kier alpha value is -3.08. The van der Waals surface area contributed by atoms with Gasteiger partial charge in [-0.15, -0.1) is 0 Å². The molecule has 0 saturated heterocycles. The molecule has 0 unspecified atom stereocenters.